The molecule has 0 spiro atoms. The Morgan fingerprint density at radius 1 is 1.42 bits per heavy atom. The average molecular weight is 522 g/mol. The van der Waals surface area contributed by atoms with E-state index in [1.54, 1.807) is 28.7 Å². The first-order chi connectivity index (χ1) is 10.9. The summed E-state index contributed by atoms with van der Waals surface area (Å²) in [5, 5.41) is 8.42. The van der Waals surface area contributed by atoms with Crippen LogP contribution in [0.3, 0.4) is 0 Å². The molecule has 1 aromatic heterocycles. The van der Waals surface area contributed by atoms with Crippen molar-refractivity contribution in [3.8, 4) is 23.1 Å². The van der Waals surface area contributed by atoms with Gasteiger partial charge in [-0.25, -0.2) is 13.2 Å². The van der Waals surface area contributed by atoms with Crippen molar-refractivity contribution in [2.75, 3.05) is 6.61 Å². The molecule has 0 atom stereocenters. The Labute approximate surface area is 174 Å². The van der Waals surface area contributed by atoms with E-state index in [4.69, 9.17) is 10.00 Å². The van der Waals surface area contributed by atoms with Crippen molar-refractivity contribution in [2.45, 2.75) is 13.0 Å². The second-order valence-corrected chi connectivity index (χ2v) is 5.54. The van der Waals surface area contributed by atoms with Crippen LogP contribution in [0.25, 0.3) is 11.3 Å². The van der Waals surface area contributed by atoms with Crippen LogP contribution in [-0.2, 0) is 39.3 Å². The van der Waals surface area contributed by atoms with Crippen molar-refractivity contribution in [3.05, 3.63) is 50.1 Å². The van der Waals surface area contributed by atoms with Gasteiger partial charge in [0.1, 0.15) is 11.8 Å². The Kier molecular flexibility index (Phi) is 8.40. The van der Waals surface area contributed by atoms with E-state index >= 15 is 0 Å². The molecule has 0 amide bonds. The van der Waals surface area contributed by atoms with E-state index in [1.807, 2.05) is 0 Å². The minimum absolute atomic E-state index is 0. The van der Waals surface area contributed by atoms with Gasteiger partial charge in [-0.05, 0) is 9.64 Å². The van der Waals surface area contributed by atoms with Crippen LogP contribution in [0.1, 0.15) is 0 Å². The van der Waals surface area contributed by atoms with Gasteiger partial charge in [-0.15, -0.1) is 28.7 Å². The fraction of sp³-hybridized carbons (Fsp3) is 0.200. The number of halogens is 4. The van der Waals surface area contributed by atoms with Crippen LogP contribution in [-0.4, -0.2) is 17.6 Å². The molecule has 123 valence electrons. The van der Waals surface area contributed by atoms with Gasteiger partial charge in [-0.3, -0.25) is 4.79 Å². The third-order valence-electron chi connectivity index (χ3n) is 2.87. The summed E-state index contributed by atoms with van der Waals surface area (Å²) in [6, 6.07) is 9.43. The Morgan fingerprint density at radius 2 is 2.12 bits per heavy atom. The van der Waals surface area contributed by atoms with E-state index in [0.717, 1.165) is 10.6 Å². The summed E-state index contributed by atoms with van der Waals surface area (Å²) in [7, 11) is 0. The van der Waals surface area contributed by atoms with Crippen molar-refractivity contribution in [1.29, 1.82) is 5.26 Å². The number of aromatic nitrogens is 1. The molecule has 0 saturated carbocycles. The van der Waals surface area contributed by atoms with E-state index < -0.39 is 24.3 Å². The Bertz CT molecular complexity index is 821. The Morgan fingerprint density at radius 3 is 2.71 bits per heavy atom. The largest absolute Gasteiger partial charge is 0.479 e. The Balaban J connectivity index is 0.00000288. The second kappa shape index (κ2) is 9.54. The molecule has 0 unspecified atom stereocenters. The first-order valence-corrected chi connectivity index (χ1v) is 7.40. The zero-order valence-corrected chi connectivity index (χ0v) is 17.1. The number of rotatable bonds is 5. The van der Waals surface area contributed by atoms with Gasteiger partial charge in [0.25, 0.3) is 6.43 Å². The number of hydrogen-bond acceptors (Lipinski definition) is 3. The predicted octanol–water partition coefficient (Wildman–Crippen LogP) is 3.22. The first-order valence-electron chi connectivity index (χ1n) is 6.33. The van der Waals surface area contributed by atoms with E-state index in [-0.39, 0.29) is 59.9 Å². The molecule has 0 bridgehead atoms. The van der Waals surface area contributed by atoms with Crippen LogP contribution in [0.15, 0.2) is 29.1 Å². The van der Waals surface area contributed by atoms with E-state index in [2.05, 4.69) is 6.07 Å². The molecule has 1 aromatic carbocycles. The van der Waals surface area contributed by atoms with Gasteiger partial charge in [-0.1, -0.05) is 11.3 Å². The zero-order chi connectivity index (χ0) is 17.0. The third kappa shape index (κ3) is 5.04. The molecule has 9 heteroatoms. The summed E-state index contributed by atoms with van der Waals surface area (Å²) in [5.74, 6) is -0.638. The summed E-state index contributed by atoms with van der Waals surface area (Å²) in [6.45, 7) is -1.10. The van der Waals surface area contributed by atoms with Gasteiger partial charge in [0.2, 0.25) is 5.56 Å². The summed E-state index contributed by atoms with van der Waals surface area (Å²) < 4.78 is 45.6. The molecule has 1 radical (unpaired) electrons. The maximum Gasteiger partial charge on any atom is 0.256 e. The normalized spacial score (nSPS) is 10.2. The van der Waals surface area contributed by atoms with Gasteiger partial charge in [0.15, 0.2) is 6.61 Å². The predicted molar refractivity (Wildman–Crippen MR) is 84.8 cm³/mol. The van der Waals surface area contributed by atoms with Crippen LogP contribution in [0.5, 0.6) is 5.75 Å². The summed E-state index contributed by atoms with van der Waals surface area (Å²) in [6.07, 6.45) is -2.76. The van der Waals surface area contributed by atoms with Crippen molar-refractivity contribution in [2.24, 2.45) is 0 Å². The Hall–Kier alpha value is -0.916. The molecule has 0 saturated heterocycles. The molecule has 4 nitrogen and oxygen atoms in total. The molecule has 0 N–H and O–H groups in total. The first kappa shape index (κ1) is 21.1. The summed E-state index contributed by atoms with van der Waals surface area (Å²) in [4.78, 5) is 12.0. The number of alkyl halides is 2. The molecule has 1 heterocycles. The number of hydrogen-bond donors (Lipinski definition) is 0. The molecule has 2 rings (SSSR count). The minimum Gasteiger partial charge on any atom is -0.479 e. The molecule has 0 fully saturated rings. The topological polar surface area (TPSA) is 55.0 Å². The third-order valence-corrected chi connectivity index (χ3v) is 3.65. The molecular weight excluding hydrogens is 513 g/mol. The second-order valence-electron chi connectivity index (χ2n) is 4.38. The molecule has 0 aliphatic rings. The number of nitrogens with zero attached hydrogens (tertiary/aromatic N) is 2. The minimum atomic E-state index is -2.76. The molecular formula is C15H9F3IN2O2Y-. The van der Waals surface area contributed by atoms with Crippen molar-refractivity contribution in [3.63, 3.8) is 0 Å². The fourth-order valence-corrected chi connectivity index (χ4v) is 2.38. The summed E-state index contributed by atoms with van der Waals surface area (Å²) >= 11 is 1.71. The smallest absolute Gasteiger partial charge is 0.256 e. The standard InChI is InChI=1S/C15H9F3IN2O2.Y/c16-11-7-9(23-6-5-20)1-2-10(11)13-4-3-12(19)15(22)21(13)8-14(17)18;/h1-3,7,14H,6,8H2;/q-1;. The quantitative estimate of drug-likeness (QED) is 0.448. The monoisotopic (exact) mass is 522 g/mol. The maximum absolute atomic E-state index is 14.2. The SMILES string of the molecule is N#CCOc1ccc(-c2[c-]cc(I)c(=O)n2CC(F)F)c(F)c1.[Y]. The van der Waals surface area contributed by atoms with Crippen molar-refractivity contribution >= 4 is 22.6 Å². The molecule has 2 aromatic rings. The average Bonchev–Trinajstić information content (AvgIpc) is 2.50. The number of ether oxygens (including phenoxy) is 1. The zero-order valence-electron chi connectivity index (χ0n) is 12.1. The van der Waals surface area contributed by atoms with Crippen LogP contribution in [0, 0.1) is 26.8 Å². The van der Waals surface area contributed by atoms with Gasteiger partial charge < -0.3 is 9.30 Å². The summed E-state index contributed by atoms with van der Waals surface area (Å²) in [5.41, 5.74) is -0.757. The van der Waals surface area contributed by atoms with E-state index in [1.165, 1.54) is 18.2 Å². The molecule has 0 aliphatic heterocycles. The number of nitriles is 1. The van der Waals surface area contributed by atoms with Gasteiger partial charge in [0.05, 0.1) is 12.4 Å². The number of benzene rings is 1. The van der Waals surface area contributed by atoms with Crippen LogP contribution in [0.2, 0.25) is 0 Å². The molecule has 24 heavy (non-hydrogen) atoms. The van der Waals surface area contributed by atoms with Gasteiger partial charge in [0, 0.05) is 38.8 Å². The molecule has 0 aliphatic carbocycles. The van der Waals surface area contributed by atoms with Gasteiger partial charge >= 0.3 is 0 Å². The van der Waals surface area contributed by atoms with E-state index in [9.17, 15) is 18.0 Å². The van der Waals surface area contributed by atoms with Crippen molar-refractivity contribution in [1.82, 2.24) is 4.57 Å². The van der Waals surface area contributed by atoms with E-state index in [0.29, 0.717) is 0 Å². The van der Waals surface area contributed by atoms with Crippen LogP contribution < -0.4 is 10.3 Å². The van der Waals surface area contributed by atoms with Gasteiger partial charge in [-0.2, -0.15) is 17.4 Å². The van der Waals surface area contributed by atoms with Crippen LogP contribution >= 0.6 is 22.6 Å². The fourth-order valence-electron chi connectivity index (χ4n) is 1.93. The number of pyridine rings is 1. The maximum atomic E-state index is 14.2. The van der Waals surface area contributed by atoms with Crippen molar-refractivity contribution < 1.29 is 50.6 Å². The van der Waals surface area contributed by atoms with Crippen LogP contribution in [0.4, 0.5) is 13.2 Å².